The van der Waals surface area contributed by atoms with Crippen molar-refractivity contribution in [2.45, 2.75) is 19.3 Å². The van der Waals surface area contributed by atoms with Crippen molar-refractivity contribution in [3.8, 4) is 45.3 Å². The number of fused-ring (bicyclic) bond motifs is 8. The zero-order valence-electron chi connectivity index (χ0n) is 26.5. The summed E-state index contributed by atoms with van der Waals surface area (Å²) in [5.41, 5.74) is 9.54. The molecular weight excluding hydrogens is 587 g/mol. The van der Waals surface area contributed by atoms with Crippen LogP contribution in [0.3, 0.4) is 0 Å². The predicted octanol–water partition coefficient (Wildman–Crippen LogP) is 11.4. The van der Waals surface area contributed by atoms with Crippen molar-refractivity contribution in [1.82, 2.24) is 15.0 Å². The van der Waals surface area contributed by atoms with Gasteiger partial charge in [-0.05, 0) is 74.1 Å². The van der Waals surface area contributed by atoms with Crippen molar-refractivity contribution in [1.29, 1.82) is 0 Å². The predicted molar refractivity (Wildman–Crippen MR) is 196 cm³/mol. The van der Waals surface area contributed by atoms with E-state index >= 15 is 0 Å². The van der Waals surface area contributed by atoms with Crippen LogP contribution >= 0.6 is 0 Å². The van der Waals surface area contributed by atoms with E-state index in [2.05, 4.69) is 141 Å². The molecule has 1 aliphatic rings. The molecule has 7 aromatic carbocycles. The van der Waals surface area contributed by atoms with E-state index in [1.165, 1.54) is 27.6 Å². The average molecular weight is 616 g/mol. The van der Waals surface area contributed by atoms with Gasteiger partial charge in [-0.3, -0.25) is 0 Å². The van der Waals surface area contributed by atoms with E-state index in [1.807, 2.05) is 12.1 Å². The maximum absolute atomic E-state index is 6.43. The minimum Gasteiger partial charge on any atom is -0.456 e. The highest BCUT2D eigenvalue weighted by Gasteiger charge is 2.35. The SMILES string of the molecule is CC1(C)c2ccccc2-c2ccc(-c3nc(-c4ccc5ccccc5c4)nc(-c4cccc5oc6cc7ccccc7cc6c45)n3)cc21. The number of nitrogens with zero attached hydrogens (tertiary/aromatic N) is 3. The second kappa shape index (κ2) is 9.93. The fraction of sp³-hybridized carbons (Fsp3) is 0.0682. The Morgan fingerprint density at radius 1 is 0.438 bits per heavy atom. The molecule has 0 saturated heterocycles. The molecule has 0 saturated carbocycles. The molecule has 4 heteroatoms. The number of furan rings is 1. The van der Waals surface area contributed by atoms with Gasteiger partial charge in [0, 0.05) is 32.9 Å². The molecule has 0 amide bonds. The normalized spacial score (nSPS) is 13.4. The van der Waals surface area contributed by atoms with Crippen molar-refractivity contribution in [2.24, 2.45) is 0 Å². The molecule has 0 radical (unpaired) electrons. The van der Waals surface area contributed by atoms with Crippen molar-refractivity contribution >= 4 is 43.5 Å². The standard InChI is InChI=1S/C44H29N3O/c1-44(2)36-16-8-7-14-32(36)33-21-20-31(24-37(33)44)42-45-41(30-19-18-26-10-3-4-11-27(26)22-30)46-43(47-42)34-15-9-17-38-40(34)35-23-28-12-5-6-13-29(28)25-39(35)48-38/h3-25H,1-2H3. The summed E-state index contributed by atoms with van der Waals surface area (Å²) < 4.78 is 6.43. The number of hydrogen-bond donors (Lipinski definition) is 0. The van der Waals surface area contributed by atoms with Gasteiger partial charge in [-0.2, -0.15) is 0 Å². The summed E-state index contributed by atoms with van der Waals surface area (Å²) in [4.78, 5) is 15.5. The number of hydrogen-bond acceptors (Lipinski definition) is 4. The minimum absolute atomic E-state index is 0.136. The lowest BCUT2D eigenvalue weighted by Crippen LogP contribution is -2.15. The van der Waals surface area contributed by atoms with Crippen molar-refractivity contribution in [2.75, 3.05) is 0 Å². The second-order valence-electron chi connectivity index (χ2n) is 13.3. The zero-order valence-corrected chi connectivity index (χ0v) is 26.5. The Labute approximate surface area is 277 Å². The van der Waals surface area contributed by atoms with Crippen molar-refractivity contribution in [3.05, 3.63) is 151 Å². The Bertz CT molecular complexity index is 2770. The molecule has 10 rings (SSSR count). The lowest BCUT2D eigenvalue weighted by Gasteiger charge is -2.21. The number of benzene rings is 7. The molecule has 0 atom stereocenters. The monoisotopic (exact) mass is 615 g/mol. The highest BCUT2D eigenvalue weighted by atomic mass is 16.3. The maximum Gasteiger partial charge on any atom is 0.164 e. The summed E-state index contributed by atoms with van der Waals surface area (Å²) in [5.74, 6) is 1.90. The summed E-state index contributed by atoms with van der Waals surface area (Å²) in [6.45, 7) is 4.60. The third-order valence-electron chi connectivity index (χ3n) is 10.1. The Morgan fingerprint density at radius 2 is 1.04 bits per heavy atom. The highest BCUT2D eigenvalue weighted by Crippen LogP contribution is 2.49. The molecule has 0 spiro atoms. The van der Waals surface area contributed by atoms with E-state index in [9.17, 15) is 0 Å². The van der Waals surface area contributed by atoms with Crippen LogP contribution in [0.25, 0.3) is 88.8 Å². The first-order valence-electron chi connectivity index (χ1n) is 16.4. The first-order chi connectivity index (χ1) is 23.5. The van der Waals surface area contributed by atoms with Crippen LogP contribution < -0.4 is 0 Å². The summed E-state index contributed by atoms with van der Waals surface area (Å²) >= 11 is 0. The van der Waals surface area contributed by atoms with E-state index in [0.717, 1.165) is 54.8 Å². The van der Waals surface area contributed by atoms with Gasteiger partial charge in [0.25, 0.3) is 0 Å². The van der Waals surface area contributed by atoms with Crippen LogP contribution in [0.1, 0.15) is 25.0 Å². The molecule has 0 aliphatic heterocycles. The Hall–Kier alpha value is -6.13. The molecule has 0 fully saturated rings. The van der Waals surface area contributed by atoms with Gasteiger partial charge < -0.3 is 4.42 Å². The third-order valence-corrected chi connectivity index (χ3v) is 10.1. The molecule has 0 bridgehead atoms. The highest BCUT2D eigenvalue weighted by molar-refractivity contribution is 6.15. The molecule has 2 aromatic heterocycles. The van der Waals surface area contributed by atoms with Gasteiger partial charge in [-0.25, -0.2) is 15.0 Å². The van der Waals surface area contributed by atoms with Gasteiger partial charge in [0.1, 0.15) is 11.2 Å². The Morgan fingerprint density at radius 3 is 1.85 bits per heavy atom. The quantitative estimate of drug-likeness (QED) is 0.198. The number of rotatable bonds is 3. The van der Waals surface area contributed by atoms with Crippen molar-refractivity contribution in [3.63, 3.8) is 0 Å². The lowest BCUT2D eigenvalue weighted by atomic mass is 9.82. The largest absolute Gasteiger partial charge is 0.456 e. The average Bonchev–Trinajstić information content (AvgIpc) is 3.61. The van der Waals surface area contributed by atoms with Crippen LogP contribution in [0.4, 0.5) is 0 Å². The maximum atomic E-state index is 6.43. The van der Waals surface area contributed by atoms with Gasteiger partial charge >= 0.3 is 0 Å². The van der Waals surface area contributed by atoms with Crippen LogP contribution in [0.2, 0.25) is 0 Å². The van der Waals surface area contributed by atoms with Crippen LogP contribution in [0.15, 0.2) is 144 Å². The molecule has 48 heavy (non-hydrogen) atoms. The van der Waals surface area contributed by atoms with Crippen molar-refractivity contribution < 1.29 is 4.42 Å². The molecule has 0 N–H and O–H groups in total. The summed E-state index contributed by atoms with van der Waals surface area (Å²) in [7, 11) is 0. The summed E-state index contributed by atoms with van der Waals surface area (Å²) in [5, 5.41) is 6.69. The van der Waals surface area contributed by atoms with Gasteiger partial charge in [-0.15, -0.1) is 0 Å². The van der Waals surface area contributed by atoms with Gasteiger partial charge in [0.15, 0.2) is 17.5 Å². The van der Waals surface area contributed by atoms with E-state index in [0.29, 0.717) is 17.5 Å². The van der Waals surface area contributed by atoms with E-state index < -0.39 is 0 Å². The first-order valence-corrected chi connectivity index (χ1v) is 16.4. The molecule has 0 unspecified atom stereocenters. The fourth-order valence-corrected chi connectivity index (χ4v) is 7.62. The Kier molecular flexibility index (Phi) is 5.59. The van der Waals surface area contributed by atoms with Gasteiger partial charge in [0.2, 0.25) is 0 Å². The fourth-order valence-electron chi connectivity index (χ4n) is 7.62. The Balaban J connectivity index is 1.22. The van der Waals surface area contributed by atoms with Gasteiger partial charge in [0.05, 0.1) is 0 Å². The van der Waals surface area contributed by atoms with Crippen LogP contribution in [-0.4, -0.2) is 15.0 Å². The van der Waals surface area contributed by atoms with E-state index in [4.69, 9.17) is 19.4 Å². The van der Waals surface area contributed by atoms with Crippen LogP contribution in [-0.2, 0) is 5.41 Å². The zero-order chi connectivity index (χ0) is 32.0. The molecule has 4 nitrogen and oxygen atoms in total. The molecule has 9 aromatic rings. The first kappa shape index (κ1) is 27.0. The van der Waals surface area contributed by atoms with Crippen LogP contribution in [0, 0.1) is 0 Å². The summed E-state index contributed by atoms with van der Waals surface area (Å²) in [6.07, 6.45) is 0. The van der Waals surface area contributed by atoms with Crippen LogP contribution in [0.5, 0.6) is 0 Å². The number of aromatic nitrogens is 3. The molecular formula is C44H29N3O. The van der Waals surface area contributed by atoms with E-state index in [1.54, 1.807) is 0 Å². The summed E-state index contributed by atoms with van der Waals surface area (Å²) in [6, 6.07) is 49.0. The smallest absolute Gasteiger partial charge is 0.164 e. The molecule has 1 aliphatic carbocycles. The second-order valence-corrected chi connectivity index (χ2v) is 13.3. The molecule has 2 heterocycles. The van der Waals surface area contributed by atoms with Gasteiger partial charge in [-0.1, -0.05) is 123 Å². The molecule has 226 valence electrons. The topological polar surface area (TPSA) is 51.8 Å². The third kappa shape index (κ3) is 3.99. The lowest BCUT2D eigenvalue weighted by molar-refractivity contribution is 0.660. The van der Waals surface area contributed by atoms with E-state index in [-0.39, 0.29) is 5.41 Å². The minimum atomic E-state index is -0.136.